The van der Waals surface area contributed by atoms with Crippen molar-refractivity contribution in [1.82, 2.24) is 9.80 Å². The molecule has 2 aromatic rings. The molecule has 0 saturated carbocycles. The fourth-order valence-electron chi connectivity index (χ4n) is 2.91. The van der Waals surface area contributed by atoms with Gasteiger partial charge >= 0.3 is 0 Å². The monoisotopic (exact) mass is 362 g/mol. The molecule has 0 spiro atoms. The van der Waals surface area contributed by atoms with Crippen molar-refractivity contribution in [2.24, 2.45) is 0 Å². The number of carbonyl (C=O) groups excluding carboxylic acids is 2. The van der Waals surface area contributed by atoms with Gasteiger partial charge in [0, 0.05) is 19.0 Å². The van der Waals surface area contributed by atoms with Crippen LogP contribution >= 0.6 is 11.3 Å². The molecule has 0 bridgehead atoms. The first-order chi connectivity index (χ1) is 12.0. The number of morpholine rings is 1. The zero-order valence-electron chi connectivity index (χ0n) is 14.0. The minimum atomic E-state index is -0.821. The van der Waals surface area contributed by atoms with E-state index < -0.39 is 12.1 Å². The van der Waals surface area contributed by atoms with E-state index in [-0.39, 0.29) is 24.2 Å². The highest BCUT2D eigenvalue weighted by molar-refractivity contribution is 7.09. The zero-order chi connectivity index (χ0) is 18.0. The summed E-state index contributed by atoms with van der Waals surface area (Å²) in [4.78, 5) is 29.1. The second kappa shape index (κ2) is 7.33. The van der Waals surface area contributed by atoms with Crippen LogP contribution in [-0.4, -0.2) is 48.4 Å². The lowest BCUT2D eigenvalue weighted by Gasteiger charge is -2.39. The summed E-state index contributed by atoms with van der Waals surface area (Å²) in [5.74, 6) is -0.784. The van der Waals surface area contributed by atoms with Crippen LogP contribution in [0.2, 0.25) is 0 Å². The average Bonchev–Trinajstić information content (AvgIpc) is 3.10. The van der Waals surface area contributed by atoms with E-state index in [1.807, 2.05) is 17.5 Å². The van der Waals surface area contributed by atoms with Gasteiger partial charge in [-0.2, -0.15) is 0 Å². The Morgan fingerprint density at radius 2 is 2.08 bits per heavy atom. The predicted octanol–water partition coefficient (Wildman–Crippen LogP) is 2.44. The van der Waals surface area contributed by atoms with E-state index in [0.717, 1.165) is 4.88 Å². The number of hydrogen-bond donors (Lipinski definition) is 0. The van der Waals surface area contributed by atoms with Crippen LogP contribution in [0.4, 0.5) is 4.39 Å². The molecule has 1 aliphatic rings. The van der Waals surface area contributed by atoms with Gasteiger partial charge < -0.3 is 14.5 Å². The van der Waals surface area contributed by atoms with Gasteiger partial charge in [-0.15, -0.1) is 11.3 Å². The lowest BCUT2D eigenvalue weighted by molar-refractivity contribution is -0.167. The van der Waals surface area contributed by atoms with Crippen molar-refractivity contribution >= 4 is 23.2 Å². The Labute approximate surface area is 149 Å². The van der Waals surface area contributed by atoms with Gasteiger partial charge in [0.2, 0.25) is 5.91 Å². The van der Waals surface area contributed by atoms with Crippen LogP contribution in [0, 0.1) is 5.82 Å². The molecule has 5 nitrogen and oxygen atoms in total. The largest absolute Gasteiger partial charge is 0.356 e. The standard InChI is InChI=1S/C18H19FN2O3S/c1-20(10-14-4-3-9-25-14)18(23)17-16(21(2)15(22)11-24-17)12-5-7-13(19)8-6-12/h3-9,16-17H,10-11H2,1-2H3/t16-,17+/m0/s1. The summed E-state index contributed by atoms with van der Waals surface area (Å²) in [5.41, 5.74) is 0.667. The van der Waals surface area contributed by atoms with E-state index in [1.165, 1.54) is 17.0 Å². The van der Waals surface area contributed by atoms with Crippen molar-refractivity contribution in [1.29, 1.82) is 0 Å². The fraction of sp³-hybridized carbons (Fsp3) is 0.333. The molecular weight excluding hydrogens is 343 g/mol. The predicted molar refractivity (Wildman–Crippen MR) is 92.4 cm³/mol. The normalized spacial score (nSPS) is 20.6. The minimum Gasteiger partial charge on any atom is -0.356 e. The molecule has 7 heteroatoms. The minimum absolute atomic E-state index is 0.141. The van der Waals surface area contributed by atoms with Crippen molar-refractivity contribution in [3.63, 3.8) is 0 Å². The number of likely N-dealkylation sites (N-methyl/N-ethyl adjacent to an activating group) is 2. The van der Waals surface area contributed by atoms with Gasteiger partial charge in [0.15, 0.2) is 6.10 Å². The first-order valence-electron chi connectivity index (χ1n) is 7.87. The molecule has 0 unspecified atom stereocenters. The Hall–Kier alpha value is -2.25. The van der Waals surface area contributed by atoms with Crippen LogP contribution in [-0.2, 0) is 20.9 Å². The molecule has 1 aromatic heterocycles. The molecule has 3 rings (SSSR count). The van der Waals surface area contributed by atoms with Gasteiger partial charge in [-0.1, -0.05) is 18.2 Å². The van der Waals surface area contributed by atoms with Gasteiger partial charge in [-0.3, -0.25) is 9.59 Å². The summed E-state index contributed by atoms with van der Waals surface area (Å²) in [5, 5.41) is 1.96. The summed E-state index contributed by atoms with van der Waals surface area (Å²) >= 11 is 1.57. The van der Waals surface area contributed by atoms with Crippen molar-refractivity contribution in [2.75, 3.05) is 20.7 Å². The zero-order valence-corrected chi connectivity index (χ0v) is 14.8. The quantitative estimate of drug-likeness (QED) is 0.839. The molecule has 132 valence electrons. The molecule has 1 fully saturated rings. The second-order valence-corrected chi connectivity index (χ2v) is 7.04. The Balaban J connectivity index is 1.84. The number of benzene rings is 1. The van der Waals surface area contributed by atoms with Crippen molar-refractivity contribution in [3.8, 4) is 0 Å². The maximum Gasteiger partial charge on any atom is 0.254 e. The van der Waals surface area contributed by atoms with E-state index in [9.17, 15) is 14.0 Å². The molecule has 0 radical (unpaired) electrons. The Morgan fingerprint density at radius 1 is 1.36 bits per heavy atom. The number of carbonyl (C=O) groups is 2. The number of hydrogen-bond acceptors (Lipinski definition) is 4. The van der Waals surface area contributed by atoms with Gasteiger partial charge in [0.1, 0.15) is 12.4 Å². The Kier molecular flexibility index (Phi) is 5.15. The number of amides is 2. The van der Waals surface area contributed by atoms with Gasteiger partial charge in [0.05, 0.1) is 12.6 Å². The third kappa shape index (κ3) is 3.72. The highest BCUT2D eigenvalue weighted by atomic mass is 32.1. The number of thiophene rings is 1. The summed E-state index contributed by atoms with van der Waals surface area (Å²) in [6.07, 6.45) is -0.821. The lowest BCUT2D eigenvalue weighted by atomic mass is 9.97. The van der Waals surface area contributed by atoms with E-state index >= 15 is 0 Å². The molecular formula is C18H19FN2O3S. The fourth-order valence-corrected chi connectivity index (χ4v) is 3.67. The lowest BCUT2D eigenvalue weighted by Crippen LogP contribution is -2.53. The van der Waals surface area contributed by atoms with Crippen LogP contribution in [0.1, 0.15) is 16.5 Å². The molecule has 25 heavy (non-hydrogen) atoms. The van der Waals surface area contributed by atoms with Crippen LogP contribution in [0.3, 0.4) is 0 Å². The molecule has 0 aliphatic carbocycles. The van der Waals surface area contributed by atoms with Crippen molar-refractivity contribution in [3.05, 3.63) is 58.0 Å². The van der Waals surface area contributed by atoms with E-state index in [0.29, 0.717) is 12.1 Å². The summed E-state index contributed by atoms with van der Waals surface area (Å²) in [6, 6.07) is 9.11. The molecule has 1 aromatic carbocycles. The molecule has 2 amide bonds. The van der Waals surface area contributed by atoms with Crippen LogP contribution in [0.5, 0.6) is 0 Å². The van der Waals surface area contributed by atoms with Gasteiger partial charge in [-0.25, -0.2) is 4.39 Å². The number of halogens is 1. The SMILES string of the molecule is CN(Cc1cccs1)C(=O)[C@@H]1OCC(=O)N(C)[C@H]1c1ccc(F)cc1. The molecule has 0 N–H and O–H groups in total. The van der Waals surface area contributed by atoms with Crippen LogP contribution < -0.4 is 0 Å². The summed E-state index contributed by atoms with van der Waals surface area (Å²) in [6.45, 7) is 0.335. The first-order valence-corrected chi connectivity index (χ1v) is 8.75. The van der Waals surface area contributed by atoms with Crippen LogP contribution in [0.25, 0.3) is 0 Å². The number of nitrogens with zero attached hydrogens (tertiary/aromatic N) is 2. The molecule has 1 aliphatic heterocycles. The van der Waals surface area contributed by atoms with Crippen molar-refractivity contribution in [2.45, 2.75) is 18.7 Å². The molecule has 2 atom stereocenters. The summed E-state index contributed by atoms with van der Waals surface area (Å²) in [7, 11) is 3.35. The molecule has 1 saturated heterocycles. The average molecular weight is 362 g/mol. The highest BCUT2D eigenvalue weighted by Crippen LogP contribution is 2.30. The molecule has 2 heterocycles. The van der Waals surface area contributed by atoms with E-state index in [1.54, 1.807) is 42.5 Å². The van der Waals surface area contributed by atoms with Gasteiger partial charge in [0.25, 0.3) is 5.91 Å². The van der Waals surface area contributed by atoms with E-state index in [2.05, 4.69) is 0 Å². The maximum absolute atomic E-state index is 13.2. The number of ether oxygens (including phenoxy) is 1. The highest BCUT2D eigenvalue weighted by Gasteiger charge is 2.41. The summed E-state index contributed by atoms with van der Waals surface area (Å²) < 4.78 is 18.8. The van der Waals surface area contributed by atoms with Crippen molar-refractivity contribution < 1.29 is 18.7 Å². The topological polar surface area (TPSA) is 49.9 Å². The van der Waals surface area contributed by atoms with E-state index in [4.69, 9.17) is 4.74 Å². The number of rotatable bonds is 4. The second-order valence-electron chi connectivity index (χ2n) is 6.01. The van der Waals surface area contributed by atoms with Crippen LogP contribution in [0.15, 0.2) is 41.8 Å². The first kappa shape index (κ1) is 17.6. The maximum atomic E-state index is 13.2. The van der Waals surface area contributed by atoms with Gasteiger partial charge in [-0.05, 0) is 29.1 Å². The Morgan fingerprint density at radius 3 is 2.72 bits per heavy atom. The Bertz CT molecular complexity index is 748. The smallest absolute Gasteiger partial charge is 0.254 e. The third-order valence-corrected chi connectivity index (χ3v) is 5.15. The third-order valence-electron chi connectivity index (χ3n) is 4.29.